The molecule has 0 amide bonds. The van der Waals surface area contributed by atoms with Gasteiger partial charge in [0.2, 0.25) is 0 Å². The Morgan fingerprint density at radius 1 is 1.04 bits per heavy atom. The first-order valence-electron chi connectivity index (χ1n) is 8.31. The van der Waals surface area contributed by atoms with Gasteiger partial charge in [0.25, 0.3) is 0 Å². The standard InChI is InChI=1S/C19H19N3S/c1-2-4-15(5-3-1)21-9-6-14(7-10-21)18-19-16(8-11-23-19)17-12-20-13-22(17)18/h1-5,8,11-14,18H,6-7,9-10H2/t18-/m1/s1. The number of piperidine rings is 1. The quantitative estimate of drug-likeness (QED) is 0.696. The molecule has 0 spiro atoms. The van der Waals surface area contributed by atoms with E-state index < -0.39 is 0 Å². The van der Waals surface area contributed by atoms with Crippen molar-refractivity contribution < 1.29 is 0 Å². The van der Waals surface area contributed by atoms with E-state index in [4.69, 9.17) is 0 Å². The lowest BCUT2D eigenvalue weighted by molar-refractivity contribution is 0.320. The number of hydrogen-bond acceptors (Lipinski definition) is 3. The van der Waals surface area contributed by atoms with Crippen LogP contribution in [-0.4, -0.2) is 22.6 Å². The molecule has 1 aromatic carbocycles. The third-order valence-corrected chi connectivity index (χ3v) is 6.30. The number of benzene rings is 1. The molecule has 1 saturated heterocycles. The average molecular weight is 321 g/mol. The van der Waals surface area contributed by atoms with Gasteiger partial charge in [-0.2, -0.15) is 0 Å². The smallest absolute Gasteiger partial charge is 0.0957 e. The number of imidazole rings is 1. The Labute approximate surface area is 140 Å². The van der Waals surface area contributed by atoms with E-state index in [0.717, 1.165) is 13.1 Å². The predicted octanol–water partition coefficient (Wildman–Crippen LogP) is 4.43. The van der Waals surface area contributed by atoms with Crippen LogP contribution in [0, 0.1) is 5.92 Å². The van der Waals surface area contributed by atoms with Gasteiger partial charge in [0.1, 0.15) is 0 Å². The Kier molecular flexibility index (Phi) is 3.05. The van der Waals surface area contributed by atoms with Crippen molar-refractivity contribution in [1.82, 2.24) is 9.55 Å². The number of para-hydroxylation sites is 1. The van der Waals surface area contributed by atoms with Crippen molar-refractivity contribution in [1.29, 1.82) is 0 Å². The molecule has 3 nitrogen and oxygen atoms in total. The van der Waals surface area contributed by atoms with Crippen molar-refractivity contribution in [3.63, 3.8) is 0 Å². The number of nitrogens with zero attached hydrogens (tertiary/aromatic N) is 3. The first-order chi connectivity index (χ1) is 11.4. The van der Waals surface area contributed by atoms with E-state index in [0.29, 0.717) is 12.0 Å². The summed E-state index contributed by atoms with van der Waals surface area (Å²) in [6.07, 6.45) is 6.53. The lowest BCUT2D eigenvalue weighted by atomic mass is 9.88. The lowest BCUT2D eigenvalue weighted by Crippen LogP contribution is -2.36. The van der Waals surface area contributed by atoms with Crippen molar-refractivity contribution in [3.05, 3.63) is 59.2 Å². The van der Waals surface area contributed by atoms with Crippen LogP contribution in [0.5, 0.6) is 0 Å². The molecule has 1 fully saturated rings. The van der Waals surface area contributed by atoms with Crippen LogP contribution in [0.3, 0.4) is 0 Å². The van der Waals surface area contributed by atoms with Crippen LogP contribution in [-0.2, 0) is 0 Å². The number of aromatic nitrogens is 2. The number of rotatable bonds is 2. The molecule has 1 atom stereocenters. The van der Waals surface area contributed by atoms with Gasteiger partial charge in [-0.1, -0.05) is 18.2 Å². The highest BCUT2D eigenvalue weighted by Gasteiger charge is 2.36. The molecule has 0 bridgehead atoms. The van der Waals surface area contributed by atoms with Crippen LogP contribution in [0.2, 0.25) is 0 Å². The van der Waals surface area contributed by atoms with Crippen LogP contribution in [0.4, 0.5) is 5.69 Å². The second-order valence-electron chi connectivity index (χ2n) is 6.49. The molecule has 5 rings (SSSR count). The highest BCUT2D eigenvalue weighted by molar-refractivity contribution is 7.10. The van der Waals surface area contributed by atoms with E-state index >= 15 is 0 Å². The molecule has 116 valence electrons. The Bertz CT molecular complexity index is 772. The maximum absolute atomic E-state index is 4.39. The average Bonchev–Trinajstić information content (AvgIpc) is 3.29. The molecule has 0 N–H and O–H groups in total. The fourth-order valence-corrected chi connectivity index (χ4v) is 5.27. The molecule has 23 heavy (non-hydrogen) atoms. The molecule has 0 unspecified atom stereocenters. The maximum atomic E-state index is 4.39. The summed E-state index contributed by atoms with van der Waals surface area (Å²) in [6, 6.07) is 13.6. The Balaban J connectivity index is 1.39. The second kappa shape index (κ2) is 5.24. The van der Waals surface area contributed by atoms with Gasteiger partial charge in [0.15, 0.2) is 0 Å². The van der Waals surface area contributed by atoms with Crippen LogP contribution in [0.1, 0.15) is 23.8 Å². The van der Waals surface area contributed by atoms with E-state index in [1.165, 1.54) is 29.8 Å². The van der Waals surface area contributed by atoms with Crippen molar-refractivity contribution in [3.8, 4) is 11.3 Å². The van der Waals surface area contributed by atoms with Gasteiger partial charge >= 0.3 is 0 Å². The number of hydrogen-bond donors (Lipinski definition) is 0. The van der Waals surface area contributed by atoms with Crippen molar-refractivity contribution in [2.24, 2.45) is 5.92 Å². The van der Waals surface area contributed by atoms with Crippen molar-refractivity contribution in [2.45, 2.75) is 18.9 Å². The fraction of sp³-hybridized carbons (Fsp3) is 0.316. The molecular formula is C19H19N3S. The normalized spacial score (nSPS) is 20.5. The van der Waals surface area contributed by atoms with Crippen LogP contribution < -0.4 is 4.90 Å². The van der Waals surface area contributed by atoms with Gasteiger partial charge in [-0.05, 0) is 42.3 Å². The van der Waals surface area contributed by atoms with E-state index in [-0.39, 0.29) is 0 Å². The summed E-state index contributed by atoms with van der Waals surface area (Å²) in [7, 11) is 0. The first kappa shape index (κ1) is 13.4. The van der Waals surface area contributed by atoms with Gasteiger partial charge in [-0.15, -0.1) is 11.3 Å². The molecule has 2 aromatic heterocycles. The third-order valence-electron chi connectivity index (χ3n) is 5.31. The Morgan fingerprint density at radius 3 is 2.70 bits per heavy atom. The molecule has 3 aromatic rings. The topological polar surface area (TPSA) is 21.1 Å². The van der Waals surface area contributed by atoms with Gasteiger partial charge < -0.3 is 9.47 Å². The zero-order valence-corrected chi connectivity index (χ0v) is 13.7. The van der Waals surface area contributed by atoms with Gasteiger partial charge in [-0.3, -0.25) is 0 Å². The summed E-state index contributed by atoms with van der Waals surface area (Å²) in [6.45, 7) is 2.30. The molecule has 2 aliphatic heterocycles. The van der Waals surface area contributed by atoms with Crippen molar-refractivity contribution >= 4 is 17.0 Å². The SMILES string of the molecule is c1ccc(N2CCC([C@@H]3c4sccc4-c4cncn43)CC2)cc1. The summed E-state index contributed by atoms with van der Waals surface area (Å²) >= 11 is 1.91. The fourth-order valence-electron chi connectivity index (χ4n) is 4.18. The minimum absolute atomic E-state index is 0.500. The molecule has 2 aliphatic rings. The molecule has 0 radical (unpaired) electrons. The van der Waals surface area contributed by atoms with Gasteiger partial charge in [0.05, 0.1) is 24.3 Å². The molecular weight excluding hydrogens is 302 g/mol. The summed E-state index contributed by atoms with van der Waals surface area (Å²) < 4.78 is 2.41. The zero-order chi connectivity index (χ0) is 15.2. The number of fused-ring (bicyclic) bond motifs is 3. The summed E-state index contributed by atoms with van der Waals surface area (Å²) in [4.78, 5) is 8.45. The highest BCUT2D eigenvalue weighted by Crippen LogP contribution is 2.48. The van der Waals surface area contributed by atoms with Gasteiger partial charge in [-0.25, -0.2) is 4.98 Å². The molecule has 4 heteroatoms. The molecule has 4 heterocycles. The van der Waals surface area contributed by atoms with Crippen LogP contribution in [0.15, 0.2) is 54.3 Å². The summed E-state index contributed by atoms with van der Waals surface area (Å²) in [5.74, 6) is 0.711. The minimum Gasteiger partial charge on any atom is -0.372 e. The molecule has 0 saturated carbocycles. The summed E-state index contributed by atoms with van der Waals surface area (Å²) in [5, 5.41) is 2.23. The Morgan fingerprint density at radius 2 is 1.87 bits per heavy atom. The van der Waals surface area contributed by atoms with E-state index in [1.807, 2.05) is 23.9 Å². The van der Waals surface area contributed by atoms with Crippen molar-refractivity contribution in [2.75, 3.05) is 18.0 Å². The van der Waals surface area contributed by atoms with Gasteiger partial charge in [0, 0.05) is 29.2 Å². The van der Waals surface area contributed by atoms with E-state index in [1.54, 1.807) is 4.88 Å². The second-order valence-corrected chi connectivity index (χ2v) is 7.44. The molecule has 0 aliphatic carbocycles. The largest absolute Gasteiger partial charge is 0.372 e. The first-order valence-corrected chi connectivity index (χ1v) is 9.19. The number of thiophene rings is 1. The monoisotopic (exact) mass is 321 g/mol. The minimum atomic E-state index is 0.500. The third kappa shape index (κ3) is 2.05. The van der Waals surface area contributed by atoms with E-state index in [9.17, 15) is 0 Å². The maximum Gasteiger partial charge on any atom is 0.0957 e. The van der Waals surface area contributed by atoms with E-state index in [2.05, 4.69) is 56.2 Å². The predicted molar refractivity (Wildman–Crippen MR) is 95.1 cm³/mol. The lowest BCUT2D eigenvalue weighted by Gasteiger charge is -2.36. The zero-order valence-electron chi connectivity index (χ0n) is 12.9. The highest BCUT2D eigenvalue weighted by atomic mass is 32.1. The summed E-state index contributed by atoms with van der Waals surface area (Å²) in [5.41, 5.74) is 4.07. The number of anilines is 1. The van der Waals surface area contributed by atoms with Crippen LogP contribution in [0.25, 0.3) is 11.3 Å². The Hall–Kier alpha value is -2.07. The van der Waals surface area contributed by atoms with Crippen LogP contribution >= 0.6 is 11.3 Å².